The summed E-state index contributed by atoms with van der Waals surface area (Å²) in [7, 11) is 1.48. The number of nitrogens with zero attached hydrogens (tertiary/aromatic N) is 1. The number of amides is 1. The van der Waals surface area contributed by atoms with Crippen LogP contribution >= 0.6 is 0 Å². The SMILES string of the molecule is CCOc1ccc(CNC(=O)c2cnc3ccccc3c2C(F)(F)F)cc1OC. The second kappa shape index (κ2) is 8.38. The highest BCUT2D eigenvalue weighted by molar-refractivity contribution is 6.00. The van der Waals surface area contributed by atoms with Crippen molar-refractivity contribution >= 4 is 16.8 Å². The predicted molar refractivity (Wildman–Crippen MR) is 102 cm³/mol. The van der Waals surface area contributed by atoms with Crippen LogP contribution in [0.5, 0.6) is 11.5 Å². The van der Waals surface area contributed by atoms with Crippen molar-refractivity contribution < 1.29 is 27.4 Å². The number of methoxy groups -OCH3 is 1. The predicted octanol–water partition coefficient (Wildman–Crippen LogP) is 4.59. The maximum atomic E-state index is 13.7. The third kappa shape index (κ3) is 4.42. The summed E-state index contributed by atoms with van der Waals surface area (Å²) in [4.78, 5) is 16.5. The largest absolute Gasteiger partial charge is 0.493 e. The minimum absolute atomic E-state index is 0.0196. The Bertz CT molecular complexity index is 1040. The average molecular weight is 404 g/mol. The van der Waals surface area contributed by atoms with Gasteiger partial charge in [0.05, 0.1) is 30.4 Å². The van der Waals surface area contributed by atoms with E-state index in [0.717, 1.165) is 6.20 Å². The molecule has 0 aliphatic rings. The Labute approximate surface area is 165 Å². The van der Waals surface area contributed by atoms with Gasteiger partial charge in [0.2, 0.25) is 0 Å². The normalized spacial score (nSPS) is 11.3. The summed E-state index contributed by atoms with van der Waals surface area (Å²) in [6.07, 6.45) is -3.74. The zero-order valence-electron chi connectivity index (χ0n) is 15.8. The molecule has 1 amide bonds. The molecule has 5 nitrogen and oxygen atoms in total. The zero-order chi connectivity index (χ0) is 21.0. The molecule has 0 aliphatic heterocycles. The third-order valence-corrected chi connectivity index (χ3v) is 4.28. The summed E-state index contributed by atoms with van der Waals surface area (Å²) >= 11 is 0. The van der Waals surface area contributed by atoms with Gasteiger partial charge in [-0.3, -0.25) is 9.78 Å². The van der Waals surface area contributed by atoms with E-state index in [1.54, 1.807) is 24.3 Å². The van der Waals surface area contributed by atoms with E-state index in [9.17, 15) is 18.0 Å². The van der Waals surface area contributed by atoms with Crippen LogP contribution in [-0.2, 0) is 12.7 Å². The molecule has 1 aromatic heterocycles. The van der Waals surface area contributed by atoms with Crippen LogP contribution in [0.15, 0.2) is 48.7 Å². The molecule has 0 saturated carbocycles. The maximum absolute atomic E-state index is 13.7. The number of ether oxygens (including phenoxy) is 2. The minimum Gasteiger partial charge on any atom is -0.493 e. The summed E-state index contributed by atoms with van der Waals surface area (Å²) in [5, 5.41) is 2.40. The molecule has 8 heteroatoms. The number of aromatic nitrogens is 1. The molecule has 0 unspecified atom stereocenters. The number of pyridine rings is 1. The van der Waals surface area contributed by atoms with Crippen LogP contribution in [0.25, 0.3) is 10.9 Å². The van der Waals surface area contributed by atoms with Crippen LogP contribution in [0.4, 0.5) is 13.2 Å². The minimum atomic E-state index is -4.70. The first-order valence-corrected chi connectivity index (χ1v) is 8.88. The van der Waals surface area contributed by atoms with Gasteiger partial charge in [-0.15, -0.1) is 0 Å². The lowest BCUT2D eigenvalue weighted by atomic mass is 10.0. The van der Waals surface area contributed by atoms with Gasteiger partial charge in [-0.1, -0.05) is 24.3 Å². The monoisotopic (exact) mass is 404 g/mol. The van der Waals surface area contributed by atoms with E-state index in [1.165, 1.54) is 25.3 Å². The molecule has 0 saturated heterocycles. The van der Waals surface area contributed by atoms with Crippen LogP contribution in [0.2, 0.25) is 0 Å². The topological polar surface area (TPSA) is 60.5 Å². The Balaban J connectivity index is 1.87. The summed E-state index contributed by atoms with van der Waals surface area (Å²) in [5.74, 6) is 0.161. The number of hydrogen-bond donors (Lipinski definition) is 1. The van der Waals surface area contributed by atoms with E-state index >= 15 is 0 Å². The summed E-state index contributed by atoms with van der Waals surface area (Å²) in [6.45, 7) is 2.32. The first-order valence-electron chi connectivity index (χ1n) is 8.88. The number of alkyl halides is 3. The van der Waals surface area contributed by atoms with Crippen molar-refractivity contribution in [2.24, 2.45) is 0 Å². The van der Waals surface area contributed by atoms with Gasteiger partial charge in [0.25, 0.3) is 5.91 Å². The molecular formula is C21H19F3N2O3. The van der Waals surface area contributed by atoms with Crippen molar-refractivity contribution in [3.8, 4) is 11.5 Å². The van der Waals surface area contributed by atoms with Crippen molar-refractivity contribution in [2.45, 2.75) is 19.6 Å². The molecule has 3 rings (SSSR count). The molecule has 0 atom stereocenters. The zero-order valence-corrected chi connectivity index (χ0v) is 15.8. The molecule has 1 heterocycles. The number of benzene rings is 2. The highest BCUT2D eigenvalue weighted by Gasteiger charge is 2.37. The summed E-state index contributed by atoms with van der Waals surface area (Å²) in [6, 6.07) is 10.9. The van der Waals surface area contributed by atoms with Crippen LogP contribution < -0.4 is 14.8 Å². The molecule has 2 aromatic carbocycles. The summed E-state index contributed by atoms with van der Waals surface area (Å²) in [5.41, 5.74) is -0.687. The highest BCUT2D eigenvalue weighted by atomic mass is 19.4. The van der Waals surface area contributed by atoms with Crippen molar-refractivity contribution in [1.82, 2.24) is 10.3 Å². The average Bonchev–Trinajstić information content (AvgIpc) is 2.71. The van der Waals surface area contributed by atoms with E-state index in [-0.39, 0.29) is 17.4 Å². The third-order valence-electron chi connectivity index (χ3n) is 4.28. The quantitative estimate of drug-likeness (QED) is 0.653. The standard InChI is InChI=1S/C21H19F3N2O3/c1-3-29-17-9-8-13(10-18(17)28-2)11-26-20(27)15-12-25-16-7-5-4-6-14(16)19(15)21(22,23)24/h4-10,12H,3,11H2,1-2H3,(H,26,27). The fraction of sp³-hybridized carbons (Fsp3) is 0.238. The van der Waals surface area contributed by atoms with E-state index in [2.05, 4.69) is 10.3 Å². The van der Waals surface area contributed by atoms with Crippen molar-refractivity contribution in [3.63, 3.8) is 0 Å². The second-order valence-corrected chi connectivity index (χ2v) is 6.16. The van der Waals surface area contributed by atoms with Crippen molar-refractivity contribution in [2.75, 3.05) is 13.7 Å². The Hall–Kier alpha value is -3.29. The number of halogens is 3. The number of hydrogen-bond acceptors (Lipinski definition) is 4. The molecule has 0 aliphatic carbocycles. The Morgan fingerprint density at radius 2 is 1.90 bits per heavy atom. The van der Waals surface area contributed by atoms with Gasteiger partial charge in [0, 0.05) is 18.1 Å². The van der Waals surface area contributed by atoms with E-state index in [4.69, 9.17) is 9.47 Å². The number of fused-ring (bicyclic) bond motifs is 1. The van der Waals surface area contributed by atoms with E-state index in [0.29, 0.717) is 23.7 Å². The van der Waals surface area contributed by atoms with E-state index < -0.39 is 23.2 Å². The number of rotatable bonds is 6. The maximum Gasteiger partial charge on any atom is 0.417 e. The lowest BCUT2D eigenvalue weighted by Crippen LogP contribution is -2.26. The lowest BCUT2D eigenvalue weighted by Gasteiger charge is -2.15. The highest BCUT2D eigenvalue weighted by Crippen LogP contribution is 2.36. The van der Waals surface area contributed by atoms with Crippen molar-refractivity contribution in [1.29, 1.82) is 0 Å². The van der Waals surface area contributed by atoms with Crippen LogP contribution in [0.3, 0.4) is 0 Å². The molecule has 1 N–H and O–H groups in total. The van der Waals surface area contributed by atoms with Crippen molar-refractivity contribution in [3.05, 3.63) is 65.4 Å². The number of nitrogens with one attached hydrogen (secondary N) is 1. The summed E-state index contributed by atoms with van der Waals surface area (Å²) < 4.78 is 51.7. The van der Waals surface area contributed by atoms with Gasteiger partial charge in [-0.2, -0.15) is 13.2 Å². The van der Waals surface area contributed by atoms with Crippen LogP contribution in [0, 0.1) is 0 Å². The van der Waals surface area contributed by atoms with Gasteiger partial charge in [0.1, 0.15) is 0 Å². The van der Waals surface area contributed by atoms with Gasteiger partial charge >= 0.3 is 6.18 Å². The Morgan fingerprint density at radius 1 is 1.14 bits per heavy atom. The van der Waals surface area contributed by atoms with E-state index in [1.807, 2.05) is 6.92 Å². The molecule has 0 radical (unpaired) electrons. The lowest BCUT2D eigenvalue weighted by molar-refractivity contribution is -0.136. The van der Waals surface area contributed by atoms with Gasteiger partial charge in [-0.25, -0.2) is 0 Å². The fourth-order valence-corrected chi connectivity index (χ4v) is 2.99. The number of carbonyl (C=O) groups excluding carboxylic acids is 1. The Morgan fingerprint density at radius 3 is 2.59 bits per heavy atom. The molecule has 29 heavy (non-hydrogen) atoms. The smallest absolute Gasteiger partial charge is 0.417 e. The molecule has 0 bridgehead atoms. The first kappa shape index (κ1) is 20.4. The molecule has 0 spiro atoms. The van der Waals surface area contributed by atoms with Gasteiger partial charge in [-0.05, 0) is 30.7 Å². The molecule has 3 aromatic rings. The second-order valence-electron chi connectivity index (χ2n) is 6.16. The van der Waals surface area contributed by atoms with Gasteiger partial charge in [0.15, 0.2) is 11.5 Å². The van der Waals surface area contributed by atoms with Crippen LogP contribution in [-0.4, -0.2) is 24.6 Å². The first-order chi connectivity index (χ1) is 13.8. The molecule has 152 valence electrons. The van der Waals surface area contributed by atoms with Gasteiger partial charge < -0.3 is 14.8 Å². The molecule has 0 fully saturated rings. The number of para-hydroxylation sites is 1. The molecular weight excluding hydrogens is 385 g/mol. The van der Waals surface area contributed by atoms with Crippen LogP contribution in [0.1, 0.15) is 28.4 Å². The number of carbonyl (C=O) groups is 1. The fourth-order valence-electron chi connectivity index (χ4n) is 2.99. The Kier molecular flexibility index (Phi) is 5.91.